The van der Waals surface area contributed by atoms with Crippen LogP contribution in [0.1, 0.15) is 23.2 Å². The van der Waals surface area contributed by atoms with Gasteiger partial charge in [0.05, 0.1) is 17.9 Å². The molecule has 98 valence electrons. The molecule has 1 heterocycles. The predicted octanol–water partition coefficient (Wildman–Crippen LogP) is 2.88. The van der Waals surface area contributed by atoms with Gasteiger partial charge in [-0.2, -0.15) is 0 Å². The smallest absolute Gasteiger partial charge is 0.337 e. The number of carboxylic acid groups (broad SMARTS) is 1. The molecule has 0 amide bonds. The molecule has 18 heavy (non-hydrogen) atoms. The van der Waals surface area contributed by atoms with Gasteiger partial charge in [0.1, 0.15) is 0 Å². The van der Waals surface area contributed by atoms with Crippen LogP contribution in [0.15, 0.2) is 18.2 Å². The lowest BCUT2D eigenvalue weighted by molar-refractivity contribution is 0.0595. The zero-order valence-corrected chi connectivity index (χ0v) is 10.7. The lowest BCUT2D eigenvalue weighted by Crippen LogP contribution is -2.24. The highest BCUT2D eigenvalue weighted by atomic mass is 35.5. The van der Waals surface area contributed by atoms with Crippen LogP contribution in [0.25, 0.3) is 0 Å². The van der Waals surface area contributed by atoms with E-state index in [1.807, 2.05) is 0 Å². The molecule has 0 radical (unpaired) electrons. The van der Waals surface area contributed by atoms with E-state index in [-0.39, 0.29) is 5.56 Å². The van der Waals surface area contributed by atoms with Crippen LogP contribution in [0.4, 0.5) is 5.69 Å². The number of nitrogens with one attached hydrogen (secondary N) is 1. The Bertz CT molecular complexity index is 430. The number of carbonyl (C=O) groups is 1. The molecule has 5 heteroatoms. The zero-order valence-electron chi connectivity index (χ0n) is 9.99. The summed E-state index contributed by atoms with van der Waals surface area (Å²) in [6.07, 6.45) is 2.17. The Labute approximate surface area is 111 Å². The summed E-state index contributed by atoms with van der Waals surface area (Å²) in [5.74, 6) is -0.520. The molecule has 1 aliphatic rings. The second-order valence-corrected chi connectivity index (χ2v) is 4.90. The third-order valence-corrected chi connectivity index (χ3v) is 3.28. The van der Waals surface area contributed by atoms with Crippen molar-refractivity contribution >= 4 is 23.3 Å². The van der Waals surface area contributed by atoms with Crippen molar-refractivity contribution in [3.05, 3.63) is 28.8 Å². The van der Waals surface area contributed by atoms with Crippen molar-refractivity contribution in [3.63, 3.8) is 0 Å². The lowest BCUT2D eigenvalue weighted by Gasteiger charge is -2.23. The first-order valence-corrected chi connectivity index (χ1v) is 6.39. The summed E-state index contributed by atoms with van der Waals surface area (Å²) in [4.78, 5) is 11.1. The molecule has 0 aromatic heterocycles. The molecule has 4 nitrogen and oxygen atoms in total. The van der Waals surface area contributed by atoms with Gasteiger partial charge in [-0.1, -0.05) is 11.6 Å². The SMILES string of the molecule is O=C(O)c1ccc(Cl)cc1NCC1CCCOC1. The van der Waals surface area contributed by atoms with Gasteiger partial charge < -0.3 is 15.2 Å². The van der Waals surface area contributed by atoms with Gasteiger partial charge >= 0.3 is 5.97 Å². The fraction of sp³-hybridized carbons (Fsp3) is 0.462. The van der Waals surface area contributed by atoms with Gasteiger partial charge in [0, 0.05) is 18.2 Å². The predicted molar refractivity (Wildman–Crippen MR) is 70.4 cm³/mol. The molecule has 1 aromatic carbocycles. The van der Waals surface area contributed by atoms with E-state index in [1.165, 1.54) is 6.07 Å². The minimum Gasteiger partial charge on any atom is -0.478 e. The Hall–Kier alpha value is -1.26. The summed E-state index contributed by atoms with van der Waals surface area (Å²) in [7, 11) is 0. The van der Waals surface area contributed by atoms with E-state index in [2.05, 4.69) is 5.32 Å². The van der Waals surface area contributed by atoms with Gasteiger partial charge in [-0.25, -0.2) is 4.79 Å². The van der Waals surface area contributed by atoms with Gasteiger partial charge in [0.25, 0.3) is 0 Å². The van der Waals surface area contributed by atoms with Crippen LogP contribution in [-0.2, 0) is 4.74 Å². The van der Waals surface area contributed by atoms with Crippen molar-refractivity contribution in [1.29, 1.82) is 0 Å². The summed E-state index contributed by atoms with van der Waals surface area (Å²) in [5, 5.41) is 12.8. The summed E-state index contributed by atoms with van der Waals surface area (Å²) < 4.78 is 5.39. The number of halogens is 1. The average molecular weight is 270 g/mol. The molecule has 0 bridgehead atoms. The number of rotatable bonds is 4. The second-order valence-electron chi connectivity index (χ2n) is 4.46. The Balaban J connectivity index is 2.03. The minimum atomic E-state index is -0.950. The first kappa shape index (κ1) is 13.2. The van der Waals surface area contributed by atoms with Crippen LogP contribution < -0.4 is 5.32 Å². The first-order valence-electron chi connectivity index (χ1n) is 6.01. The fourth-order valence-corrected chi connectivity index (χ4v) is 2.24. The zero-order chi connectivity index (χ0) is 13.0. The summed E-state index contributed by atoms with van der Waals surface area (Å²) >= 11 is 5.89. The van der Waals surface area contributed by atoms with Crippen molar-refractivity contribution < 1.29 is 14.6 Å². The monoisotopic (exact) mass is 269 g/mol. The number of carboxylic acids is 1. The molecule has 1 fully saturated rings. The quantitative estimate of drug-likeness (QED) is 0.882. The molecule has 1 aliphatic heterocycles. The molecule has 0 aliphatic carbocycles. The number of anilines is 1. The summed E-state index contributed by atoms with van der Waals surface area (Å²) in [6, 6.07) is 4.75. The number of hydrogen-bond acceptors (Lipinski definition) is 3. The minimum absolute atomic E-state index is 0.246. The van der Waals surface area contributed by atoms with Gasteiger partial charge in [0.2, 0.25) is 0 Å². The summed E-state index contributed by atoms with van der Waals surface area (Å²) in [5.41, 5.74) is 0.816. The topological polar surface area (TPSA) is 58.6 Å². The largest absolute Gasteiger partial charge is 0.478 e. The molecule has 2 N–H and O–H groups in total. The number of aromatic carboxylic acids is 1. The molecule has 0 spiro atoms. The van der Waals surface area contributed by atoms with Crippen LogP contribution in [0.5, 0.6) is 0 Å². The van der Waals surface area contributed by atoms with Crippen molar-refractivity contribution in [3.8, 4) is 0 Å². The second kappa shape index (κ2) is 6.07. The highest BCUT2D eigenvalue weighted by Crippen LogP contribution is 2.22. The van der Waals surface area contributed by atoms with E-state index >= 15 is 0 Å². The van der Waals surface area contributed by atoms with Crippen molar-refractivity contribution in [2.75, 3.05) is 25.1 Å². The molecular formula is C13H16ClNO3. The normalized spacial score (nSPS) is 19.5. The maximum absolute atomic E-state index is 11.1. The third kappa shape index (κ3) is 3.37. The van der Waals surface area contributed by atoms with Crippen LogP contribution >= 0.6 is 11.6 Å². The van der Waals surface area contributed by atoms with Gasteiger partial charge in [-0.3, -0.25) is 0 Å². The van der Waals surface area contributed by atoms with Crippen LogP contribution in [0, 0.1) is 5.92 Å². The average Bonchev–Trinajstić information content (AvgIpc) is 2.37. The maximum Gasteiger partial charge on any atom is 0.337 e. The Kier molecular flexibility index (Phi) is 4.44. The van der Waals surface area contributed by atoms with E-state index in [0.29, 0.717) is 23.2 Å². The van der Waals surface area contributed by atoms with Crippen LogP contribution in [-0.4, -0.2) is 30.8 Å². The molecular weight excluding hydrogens is 254 g/mol. The Morgan fingerprint density at radius 1 is 1.56 bits per heavy atom. The van der Waals surface area contributed by atoms with E-state index in [0.717, 1.165) is 26.1 Å². The number of ether oxygens (including phenoxy) is 1. The molecule has 1 unspecified atom stereocenters. The maximum atomic E-state index is 11.1. The first-order chi connectivity index (χ1) is 8.66. The number of hydrogen-bond donors (Lipinski definition) is 2. The van der Waals surface area contributed by atoms with Gasteiger partial charge in [-0.05, 0) is 37.0 Å². The van der Waals surface area contributed by atoms with Crippen molar-refractivity contribution in [2.45, 2.75) is 12.8 Å². The highest BCUT2D eigenvalue weighted by Gasteiger charge is 2.15. The lowest BCUT2D eigenvalue weighted by atomic mass is 10.0. The Morgan fingerprint density at radius 2 is 2.39 bits per heavy atom. The van der Waals surface area contributed by atoms with E-state index in [4.69, 9.17) is 21.4 Å². The van der Waals surface area contributed by atoms with Crippen LogP contribution in [0.2, 0.25) is 5.02 Å². The van der Waals surface area contributed by atoms with Crippen molar-refractivity contribution in [2.24, 2.45) is 5.92 Å². The van der Waals surface area contributed by atoms with E-state index in [9.17, 15) is 4.79 Å². The van der Waals surface area contributed by atoms with Gasteiger partial charge in [-0.15, -0.1) is 0 Å². The standard InChI is InChI=1S/C13H16ClNO3/c14-10-3-4-11(13(16)17)12(6-10)15-7-9-2-1-5-18-8-9/h3-4,6,9,15H,1-2,5,7-8H2,(H,16,17). The fourth-order valence-electron chi connectivity index (χ4n) is 2.07. The molecule has 1 saturated heterocycles. The number of benzene rings is 1. The third-order valence-electron chi connectivity index (χ3n) is 3.05. The molecule has 1 atom stereocenters. The molecule has 0 saturated carbocycles. The van der Waals surface area contributed by atoms with Crippen LogP contribution in [0.3, 0.4) is 0 Å². The van der Waals surface area contributed by atoms with Gasteiger partial charge in [0.15, 0.2) is 0 Å². The summed E-state index contributed by atoms with van der Waals surface area (Å²) in [6.45, 7) is 2.27. The highest BCUT2D eigenvalue weighted by molar-refractivity contribution is 6.31. The Morgan fingerprint density at radius 3 is 3.06 bits per heavy atom. The molecule has 1 aromatic rings. The van der Waals surface area contributed by atoms with E-state index < -0.39 is 5.97 Å². The molecule has 2 rings (SSSR count). The van der Waals surface area contributed by atoms with Crippen molar-refractivity contribution in [1.82, 2.24) is 0 Å². The van der Waals surface area contributed by atoms with E-state index in [1.54, 1.807) is 12.1 Å².